The molecule has 0 aromatic heterocycles. The average molecular weight is 963 g/mol. The van der Waals surface area contributed by atoms with E-state index in [9.17, 15) is 19.0 Å². The van der Waals surface area contributed by atoms with Gasteiger partial charge >= 0.3 is 5.97 Å². The third kappa shape index (κ3) is 48.8. The minimum Gasteiger partial charge on any atom is -0.756 e. The number of quaternary nitrogens is 1. The smallest absolute Gasteiger partial charge is 0.306 e. The number of rotatable bonds is 50. The molecule has 0 aliphatic heterocycles. The van der Waals surface area contributed by atoms with Gasteiger partial charge in [0.25, 0.3) is 7.82 Å². The van der Waals surface area contributed by atoms with E-state index in [0.29, 0.717) is 23.9 Å². The lowest BCUT2D eigenvalue weighted by Gasteiger charge is -2.30. The van der Waals surface area contributed by atoms with E-state index in [4.69, 9.17) is 13.8 Å². The number of likely N-dealkylation sites (N-methyl/N-ethyl adjacent to an activating group) is 1. The highest BCUT2D eigenvalue weighted by atomic mass is 31.2. The van der Waals surface area contributed by atoms with E-state index in [1.165, 1.54) is 128 Å². The Kier molecular flexibility index (Phi) is 46.2. The van der Waals surface area contributed by atoms with Crippen LogP contribution in [-0.4, -0.2) is 69.4 Å². The third-order valence-electron chi connectivity index (χ3n) is 12.2. The molecule has 0 spiro atoms. The van der Waals surface area contributed by atoms with Gasteiger partial charge in [0.1, 0.15) is 19.3 Å². The van der Waals surface area contributed by atoms with Crippen LogP contribution in [0.3, 0.4) is 0 Å². The molecule has 0 heterocycles. The van der Waals surface area contributed by atoms with Crippen LogP contribution in [-0.2, 0) is 27.9 Å². The fourth-order valence-electron chi connectivity index (χ4n) is 7.84. The number of amides is 1. The molecule has 0 aromatic carbocycles. The molecule has 0 bridgehead atoms. The number of ether oxygens (including phenoxy) is 1. The van der Waals surface area contributed by atoms with Crippen molar-refractivity contribution in [2.24, 2.45) is 0 Å². The second-order valence-corrected chi connectivity index (χ2v) is 21.5. The molecule has 392 valence electrons. The van der Waals surface area contributed by atoms with Gasteiger partial charge in [-0.05, 0) is 89.5 Å². The maximum atomic E-state index is 13.4. The Hall–Kier alpha value is -2.03. The highest BCUT2D eigenvalue weighted by Crippen LogP contribution is 2.38. The monoisotopic (exact) mass is 963 g/mol. The number of allylic oxidation sites excluding steroid dienone is 7. The van der Waals surface area contributed by atoms with Gasteiger partial charge in [-0.1, -0.05) is 198 Å². The van der Waals surface area contributed by atoms with Crippen LogP contribution < -0.4 is 10.2 Å². The Morgan fingerprint density at radius 1 is 0.522 bits per heavy atom. The molecule has 0 saturated heterocycles. The molecule has 0 aliphatic carbocycles. The number of esters is 1. The van der Waals surface area contributed by atoms with Crippen LogP contribution in [0.25, 0.3) is 0 Å². The Bertz CT molecular complexity index is 1290. The number of hydrogen-bond donors (Lipinski definition) is 1. The van der Waals surface area contributed by atoms with Crippen molar-refractivity contribution in [2.75, 3.05) is 40.9 Å². The van der Waals surface area contributed by atoms with Gasteiger partial charge in [0.15, 0.2) is 0 Å². The first-order chi connectivity index (χ1) is 32.4. The van der Waals surface area contributed by atoms with Crippen molar-refractivity contribution in [2.45, 2.75) is 264 Å². The second-order valence-electron chi connectivity index (χ2n) is 20.1. The average Bonchev–Trinajstić information content (AvgIpc) is 3.28. The first-order valence-electron chi connectivity index (χ1n) is 27.9. The van der Waals surface area contributed by atoms with E-state index >= 15 is 0 Å². The van der Waals surface area contributed by atoms with Crippen LogP contribution in [0.1, 0.15) is 252 Å². The van der Waals surface area contributed by atoms with Gasteiger partial charge in [-0.2, -0.15) is 0 Å². The van der Waals surface area contributed by atoms with Crippen molar-refractivity contribution in [3.8, 4) is 0 Å². The molecule has 1 N–H and O–H groups in total. The summed E-state index contributed by atoms with van der Waals surface area (Å²) in [5.74, 6) is -0.567. The van der Waals surface area contributed by atoms with Gasteiger partial charge in [-0.3, -0.25) is 14.2 Å². The second kappa shape index (κ2) is 47.6. The Morgan fingerprint density at radius 3 is 1.40 bits per heavy atom. The van der Waals surface area contributed by atoms with Gasteiger partial charge in [-0.15, -0.1) is 0 Å². The minimum absolute atomic E-state index is 0.0265. The fourth-order valence-corrected chi connectivity index (χ4v) is 8.56. The number of nitrogens with zero attached hydrogens (tertiary/aromatic N) is 1. The molecule has 3 unspecified atom stereocenters. The maximum absolute atomic E-state index is 13.4. The largest absolute Gasteiger partial charge is 0.756 e. The molecule has 0 radical (unpaired) electrons. The predicted octanol–water partition coefficient (Wildman–Crippen LogP) is 15.9. The zero-order valence-electron chi connectivity index (χ0n) is 44.6. The standard InChI is InChI=1S/C57H107N2O7P/c1-7-10-13-16-19-22-25-27-28-29-30-32-35-38-41-44-47-50-57(61)66-55(48-45-42-39-36-33-24-21-18-15-12-9-3)54(53-65-67(62,63)64-52-51-59(4,5)6)58-56(60)49-46-43-40-37-34-31-26-23-20-17-14-11-8-2/h19,22,27-28,31,34,45,48,54-55H,7-18,20-21,23-26,29-30,32-33,35-44,46-47,49-53H2,1-6H3,(H-,58,60,62,63)/b22-19-,28-27-,34-31-,48-45+. The van der Waals surface area contributed by atoms with Crippen molar-refractivity contribution in [1.82, 2.24) is 5.32 Å². The summed E-state index contributed by atoms with van der Waals surface area (Å²) in [6.07, 6.45) is 56.4. The van der Waals surface area contributed by atoms with E-state index in [0.717, 1.165) is 83.5 Å². The molecule has 9 nitrogen and oxygen atoms in total. The van der Waals surface area contributed by atoms with Gasteiger partial charge < -0.3 is 28.5 Å². The summed E-state index contributed by atoms with van der Waals surface area (Å²) >= 11 is 0. The molecule has 0 aliphatic rings. The van der Waals surface area contributed by atoms with Gasteiger partial charge in [0.2, 0.25) is 5.91 Å². The molecule has 0 aromatic rings. The molecule has 67 heavy (non-hydrogen) atoms. The van der Waals surface area contributed by atoms with E-state index in [1.54, 1.807) is 0 Å². The number of nitrogens with one attached hydrogen (secondary N) is 1. The molecule has 3 atom stereocenters. The van der Waals surface area contributed by atoms with Crippen LogP contribution >= 0.6 is 7.82 Å². The molecule has 0 fully saturated rings. The number of carbonyl (C=O) groups excluding carboxylic acids is 2. The van der Waals surface area contributed by atoms with Gasteiger partial charge in [-0.25, -0.2) is 0 Å². The van der Waals surface area contributed by atoms with Gasteiger partial charge in [0.05, 0.1) is 33.8 Å². The third-order valence-corrected chi connectivity index (χ3v) is 13.2. The number of carbonyl (C=O) groups is 2. The highest BCUT2D eigenvalue weighted by Gasteiger charge is 2.27. The molecular formula is C57H107N2O7P. The van der Waals surface area contributed by atoms with Crippen molar-refractivity contribution in [3.63, 3.8) is 0 Å². The van der Waals surface area contributed by atoms with Gasteiger partial charge in [0, 0.05) is 12.8 Å². The fraction of sp³-hybridized carbons (Fsp3) is 0.825. The lowest BCUT2D eigenvalue weighted by molar-refractivity contribution is -0.870. The van der Waals surface area contributed by atoms with Crippen LogP contribution in [0.15, 0.2) is 48.6 Å². The van der Waals surface area contributed by atoms with Crippen LogP contribution in [0, 0.1) is 0 Å². The van der Waals surface area contributed by atoms with Crippen molar-refractivity contribution in [3.05, 3.63) is 48.6 Å². The summed E-state index contributed by atoms with van der Waals surface area (Å²) in [7, 11) is 1.17. The normalized spacial score (nSPS) is 14.2. The summed E-state index contributed by atoms with van der Waals surface area (Å²) < 4.78 is 30.2. The highest BCUT2D eigenvalue weighted by molar-refractivity contribution is 7.45. The zero-order chi connectivity index (χ0) is 49.4. The predicted molar refractivity (Wildman–Crippen MR) is 284 cm³/mol. The van der Waals surface area contributed by atoms with E-state index in [1.807, 2.05) is 33.3 Å². The summed E-state index contributed by atoms with van der Waals surface area (Å²) in [4.78, 5) is 39.7. The first kappa shape index (κ1) is 65.0. The van der Waals surface area contributed by atoms with Crippen molar-refractivity contribution in [1.29, 1.82) is 0 Å². The quantitative estimate of drug-likeness (QED) is 0.0212. The van der Waals surface area contributed by atoms with Crippen LogP contribution in [0.5, 0.6) is 0 Å². The summed E-state index contributed by atoms with van der Waals surface area (Å²) in [5, 5.41) is 3.00. The maximum Gasteiger partial charge on any atom is 0.306 e. The first-order valence-corrected chi connectivity index (χ1v) is 29.4. The lowest BCUT2D eigenvalue weighted by atomic mass is 10.1. The number of hydrogen-bond acceptors (Lipinski definition) is 7. The molecule has 10 heteroatoms. The van der Waals surface area contributed by atoms with E-state index < -0.39 is 26.6 Å². The summed E-state index contributed by atoms with van der Waals surface area (Å²) in [6.45, 7) is 6.78. The SMILES string of the molecule is CCCCC/C=C\C/C=C\CCCCCCCCCC(=O)OC(/C=C/CCCCCCCCCCC)C(COP(=O)([O-])OCC[N+](C)(C)C)NC(=O)CCCCC/C=C\CCCCCCCC. The summed E-state index contributed by atoms with van der Waals surface area (Å²) in [6, 6.07) is -0.896. The lowest BCUT2D eigenvalue weighted by Crippen LogP contribution is -2.47. The topological polar surface area (TPSA) is 114 Å². The van der Waals surface area contributed by atoms with Crippen LogP contribution in [0.2, 0.25) is 0 Å². The minimum atomic E-state index is -4.69. The Balaban J connectivity index is 5.36. The number of phosphoric ester groups is 1. The van der Waals surface area contributed by atoms with Crippen molar-refractivity contribution >= 4 is 19.7 Å². The Morgan fingerprint density at radius 2 is 0.910 bits per heavy atom. The molecule has 0 saturated carbocycles. The van der Waals surface area contributed by atoms with Crippen LogP contribution in [0.4, 0.5) is 0 Å². The molecular weight excluding hydrogens is 856 g/mol. The molecule has 0 rings (SSSR count). The molecule has 1 amide bonds. The Labute approximate surface area is 414 Å². The zero-order valence-corrected chi connectivity index (χ0v) is 45.5. The number of phosphoric acid groups is 1. The van der Waals surface area contributed by atoms with E-state index in [-0.39, 0.29) is 24.9 Å². The summed E-state index contributed by atoms with van der Waals surface area (Å²) in [5.41, 5.74) is 0. The number of unbranched alkanes of at least 4 members (excludes halogenated alkanes) is 28. The van der Waals surface area contributed by atoms with Crippen molar-refractivity contribution < 1.29 is 37.3 Å². The van der Waals surface area contributed by atoms with E-state index in [2.05, 4.69) is 62.5 Å².